The van der Waals surface area contributed by atoms with Crippen molar-refractivity contribution in [1.29, 1.82) is 0 Å². The lowest BCUT2D eigenvalue weighted by Gasteiger charge is -2.29. The van der Waals surface area contributed by atoms with Gasteiger partial charge in [0.25, 0.3) is 0 Å². The molecule has 0 amide bonds. The molecule has 0 aliphatic carbocycles. The highest BCUT2D eigenvalue weighted by atomic mass is 16.4. The summed E-state index contributed by atoms with van der Waals surface area (Å²) >= 11 is 0. The maximum absolute atomic E-state index is 11.3. The Balaban J connectivity index is 1.77. The molecule has 0 unspecified atom stereocenters. The lowest BCUT2D eigenvalue weighted by atomic mass is 9.94. The van der Waals surface area contributed by atoms with Crippen molar-refractivity contribution in [3.8, 4) is 0 Å². The zero-order chi connectivity index (χ0) is 14.8. The summed E-state index contributed by atoms with van der Waals surface area (Å²) in [6.07, 6.45) is 0.809. The number of carboxylic acids is 1. The predicted molar refractivity (Wildman–Crippen MR) is 82.4 cm³/mol. The third-order valence-electron chi connectivity index (χ3n) is 4.10. The third kappa shape index (κ3) is 2.98. The molecule has 0 saturated carbocycles. The first-order chi connectivity index (χ1) is 10.1. The number of hydrogen-bond acceptors (Lipinski definition) is 2. The van der Waals surface area contributed by atoms with E-state index in [2.05, 4.69) is 36.1 Å². The number of aryl methyl sites for hydroxylation is 1. The van der Waals surface area contributed by atoms with Crippen molar-refractivity contribution in [2.24, 2.45) is 0 Å². The van der Waals surface area contributed by atoms with Gasteiger partial charge in [-0.3, -0.25) is 4.90 Å². The van der Waals surface area contributed by atoms with Crippen LogP contribution in [-0.2, 0) is 19.5 Å². The summed E-state index contributed by atoms with van der Waals surface area (Å²) in [7, 11) is 0. The Labute approximate surface area is 124 Å². The molecule has 108 valence electrons. The van der Waals surface area contributed by atoms with Gasteiger partial charge in [-0.05, 0) is 36.1 Å². The van der Waals surface area contributed by atoms with E-state index in [9.17, 15) is 9.90 Å². The molecule has 0 fully saturated rings. The molecule has 1 heterocycles. The smallest absolute Gasteiger partial charge is 0.335 e. The van der Waals surface area contributed by atoms with Crippen molar-refractivity contribution in [3.63, 3.8) is 0 Å². The van der Waals surface area contributed by atoms with Crippen molar-refractivity contribution in [1.82, 2.24) is 4.90 Å². The highest BCUT2D eigenvalue weighted by Crippen LogP contribution is 2.24. The van der Waals surface area contributed by atoms with E-state index in [0.29, 0.717) is 5.56 Å². The lowest BCUT2D eigenvalue weighted by Crippen LogP contribution is -2.31. The van der Waals surface area contributed by atoms with Crippen molar-refractivity contribution < 1.29 is 9.90 Å². The van der Waals surface area contributed by atoms with Crippen molar-refractivity contribution in [3.05, 3.63) is 70.3 Å². The van der Waals surface area contributed by atoms with Gasteiger partial charge in [-0.15, -0.1) is 0 Å². The Morgan fingerprint density at radius 3 is 2.67 bits per heavy atom. The Hall–Kier alpha value is -2.13. The van der Waals surface area contributed by atoms with E-state index in [1.165, 1.54) is 11.1 Å². The van der Waals surface area contributed by atoms with E-state index in [1.807, 2.05) is 12.1 Å². The summed E-state index contributed by atoms with van der Waals surface area (Å²) in [5.41, 5.74) is 5.19. The van der Waals surface area contributed by atoms with Crippen LogP contribution in [0.15, 0.2) is 42.5 Å². The zero-order valence-corrected chi connectivity index (χ0v) is 12.2. The molecule has 1 aliphatic rings. The number of hydrogen-bond donors (Lipinski definition) is 1. The number of rotatable bonds is 3. The van der Waals surface area contributed by atoms with Crippen LogP contribution in [0.1, 0.15) is 32.6 Å². The summed E-state index contributed by atoms with van der Waals surface area (Å²) in [5, 5.41) is 9.25. The fourth-order valence-corrected chi connectivity index (χ4v) is 2.95. The maximum Gasteiger partial charge on any atom is 0.335 e. The Morgan fingerprint density at radius 1 is 1.19 bits per heavy atom. The van der Waals surface area contributed by atoms with Crippen LogP contribution in [0.5, 0.6) is 0 Å². The standard InChI is InChI=1S/C18H19NO2/c1-13-5-7-14(8-6-13)11-19-10-9-16-15(12-19)3-2-4-17(16)18(20)21/h2-8H,9-12H2,1H3,(H,20,21). The molecule has 0 aromatic heterocycles. The number of nitrogens with zero attached hydrogens (tertiary/aromatic N) is 1. The second kappa shape index (κ2) is 5.70. The van der Waals surface area contributed by atoms with Gasteiger partial charge in [0.2, 0.25) is 0 Å². The summed E-state index contributed by atoms with van der Waals surface area (Å²) < 4.78 is 0. The molecule has 3 rings (SSSR count). The number of carbonyl (C=O) groups is 1. The van der Waals surface area contributed by atoms with Gasteiger partial charge in [0.15, 0.2) is 0 Å². The minimum absolute atomic E-state index is 0.461. The first-order valence-corrected chi connectivity index (χ1v) is 7.25. The molecule has 0 bridgehead atoms. The first-order valence-electron chi connectivity index (χ1n) is 7.25. The number of fused-ring (bicyclic) bond motifs is 1. The van der Waals surface area contributed by atoms with Gasteiger partial charge in [0.05, 0.1) is 5.56 Å². The van der Waals surface area contributed by atoms with Crippen LogP contribution in [0, 0.1) is 6.92 Å². The molecular weight excluding hydrogens is 262 g/mol. The highest BCUT2D eigenvalue weighted by Gasteiger charge is 2.21. The molecule has 2 aromatic rings. The molecule has 1 aliphatic heterocycles. The third-order valence-corrected chi connectivity index (χ3v) is 4.10. The molecule has 0 atom stereocenters. The second-order valence-electron chi connectivity index (χ2n) is 5.69. The number of benzene rings is 2. The largest absolute Gasteiger partial charge is 0.478 e. The average Bonchev–Trinajstić information content (AvgIpc) is 2.48. The van der Waals surface area contributed by atoms with Gasteiger partial charge in [0, 0.05) is 19.6 Å². The van der Waals surface area contributed by atoms with Crippen LogP contribution in [0.4, 0.5) is 0 Å². The van der Waals surface area contributed by atoms with Crippen molar-refractivity contribution in [2.45, 2.75) is 26.4 Å². The Morgan fingerprint density at radius 2 is 1.95 bits per heavy atom. The SMILES string of the molecule is Cc1ccc(CN2CCc3c(cccc3C(=O)O)C2)cc1. The van der Waals surface area contributed by atoms with Crippen LogP contribution in [0.3, 0.4) is 0 Å². The van der Waals surface area contributed by atoms with Gasteiger partial charge >= 0.3 is 5.97 Å². The van der Waals surface area contributed by atoms with Gasteiger partial charge in [-0.2, -0.15) is 0 Å². The van der Waals surface area contributed by atoms with E-state index in [-0.39, 0.29) is 0 Å². The topological polar surface area (TPSA) is 40.5 Å². The second-order valence-corrected chi connectivity index (χ2v) is 5.69. The van der Waals surface area contributed by atoms with E-state index in [0.717, 1.165) is 37.2 Å². The van der Waals surface area contributed by atoms with Crippen LogP contribution >= 0.6 is 0 Å². The first kappa shape index (κ1) is 13.8. The minimum atomic E-state index is -0.821. The molecule has 3 heteroatoms. The lowest BCUT2D eigenvalue weighted by molar-refractivity contribution is 0.0694. The number of aromatic carboxylic acids is 1. The quantitative estimate of drug-likeness (QED) is 0.939. The summed E-state index contributed by atoms with van der Waals surface area (Å²) in [6.45, 7) is 4.74. The van der Waals surface area contributed by atoms with E-state index >= 15 is 0 Å². The monoisotopic (exact) mass is 281 g/mol. The summed E-state index contributed by atoms with van der Waals surface area (Å²) in [6, 6.07) is 14.2. The van der Waals surface area contributed by atoms with Crippen LogP contribution < -0.4 is 0 Å². The van der Waals surface area contributed by atoms with E-state index in [1.54, 1.807) is 6.07 Å². The summed E-state index contributed by atoms with van der Waals surface area (Å²) in [5.74, 6) is -0.821. The molecular formula is C18H19NO2. The van der Waals surface area contributed by atoms with Crippen LogP contribution in [-0.4, -0.2) is 22.5 Å². The normalized spacial score (nSPS) is 14.7. The molecule has 0 radical (unpaired) electrons. The van der Waals surface area contributed by atoms with Crippen molar-refractivity contribution in [2.75, 3.05) is 6.54 Å². The van der Waals surface area contributed by atoms with Gasteiger partial charge in [-0.25, -0.2) is 4.79 Å². The minimum Gasteiger partial charge on any atom is -0.478 e. The fraction of sp³-hybridized carbons (Fsp3) is 0.278. The molecule has 3 nitrogen and oxygen atoms in total. The molecule has 1 N–H and O–H groups in total. The zero-order valence-electron chi connectivity index (χ0n) is 12.2. The Bertz CT molecular complexity index is 661. The fourth-order valence-electron chi connectivity index (χ4n) is 2.95. The molecule has 21 heavy (non-hydrogen) atoms. The van der Waals surface area contributed by atoms with Gasteiger partial charge in [0.1, 0.15) is 0 Å². The van der Waals surface area contributed by atoms with Crippen molar-refractivity contribution >= 4 is 5.97 Å². The summed E-state index contributed by atoms with van der Waals surface area (Å²) in [4.78, 5) is 13.6. The molecule has 0 saturated heterocycles. The van der Waals surface area contributed by atoms with Gasteiger partial charge < -0.3 is 5.11 Å². The highest BCUT2D eigenvalue weighted by molar-refractivity contribution is 5.89. The van der Waals surface area contributed by atoms with Crippen LogP contribution in [0.2, 0.25) is 0 Å². The van der Waals surface area contributed by atoms with Crippen LogP contribution in [0.25, 0.3) is 0 Å². The maximum atomic E-state index is 11.3. The molecule has 2 aromatic carbocycles. The van der Waals surface area contributed by atoms with E-state index < -0.39 is 5.97 Å². The predicted octanol–water partition coefficient (Wildman–Crippen LogP) is 3.25. The van der Waals surface area contributed by atoms with E-state index in [4.69, 9.17) is 0 Å². The van der Waals surface area contributed by atoms with Gasteiger partial charge in [-0.1, -0.05) is 42.0 Å². The molecule has 0 spiro atoms. The number of carboxylic acid groups (broad SMARTS) is 1. The average molecular weight is 281 g/mol. The Kier molecular flexibility index (Phi) is 3.76.